The molecule has 1 saturated carbocycles. The maximum atomic E-state index is 11.3. The van der Waals surface area contributed by atoms with E-state index in [4.69, 9.17) is 4.74 Å². The maximum absolute atomic E-state index is 11.3. The van der Waals surface area contributed by atoms with E-state index in [-0.39, 0.29) is 19.2 Å². The Balaban J connectivity index is 2.56. The van der Waals surface area contributed by atoms with Crippen LogP contribution in [0.25, 0.3) is 0 Å². The molecule has 5 nitrogen and oxygen atoms in total. The van der Waals surface area contributed by atoms with Crippen molar-refractivity contribution in [3.05, 3.63) is 0 Å². The Labute approximate surface area is 84.1 Å². The molecule has 0 radical (unpaired) electrons. The predicted octanol–water partition coefficient (Wildman–Crippen LogP) is -0.0265. The Hall–Kier alpha value is -0.620. The largest absolute Gasteiger partial charge is 0.465 e. The molecular formula is C8H15NO4S. The van der Waals surface area contributed by atoms with E-state index in [1.807, 2.05) is 0 Å². The molecule has 0 spiro atoms. The molecule has 0 aromatic carbocycles. The Morgan fingerprint density at radius 3 is 2.43 bits per heavy atom. The van der Waals surface area contributed by atoms with E-state index >= 15 is 0 Å². The Morgan fingerprint density at radius 2 is 2.07 bits per heavy atom. The van der Waals surface area contributed by atoms with Crippen LogP contribution in [0.2, 0.25) is 0 Å². The third kappa shape index (κ3) is 3.26. The minimum atomic E-state index is -3.28. The highest BCUT2D eigenvalue weighted by molar-refractivity contribution is 7.88. The van der Waals surface area contributed by atoms with Crippen LogP contribution in [0, 0.1) is 0 Å². The zero-order chi connectivity index (χ0) is 10.8. The first kappa shape index (κ1) is 11.5. The van der Waals surface area contributed by atoms with Crippen LogP contribution >= 0.6 is 0 Å². The zero-order valence-corrected chi connectivity index (χ0v) is 9.21. The van der Waals surface area contributed by atoms with Gasteiger partial charge in [-0.2, -0.15) is 4.31 Å². The smallest absolute Gasteiger partial charge is 0.321 e. The van der Waals surface area contributed by atoms with Crippen LogP contribution in [-0.2, 0) is 19.6 Å². The molecule has 0 amide bonds. The van der Waals surface area contributed by atoms with E-state index in [1.165, 1.54) is 4.31 Å². The van der Waals surface area contributed by atoms with Gasteiger partial charge in [0.1, 0.15) is 6.54 Å². The van der Waals surface area contributed by atoms with Gasteiger partial charge in [0.25, 0.3) is 0 Å². The van der Waals surface area contributed by atoms with Gasteiger partial charge in [0, 0.05) is 6.04 Å². The third-order valence-corrected chi connectivity index (χ3v) is 3.25. The van der Waals surface area contributed by atoms with Gasteiger partial charge in [-0.05, 0) is 19.8 Å². The number of ether oxygens (including phenoxy) is 1. The fourth-order valence-electron chi connectivity index (χ4n) is 1.21. The number of rotatable bonds is 5. The number of hydrogen-bond donors (Lipinski definition) is 0. The molecule has 0 aliphatic heterocycles. The summed E-state index contributed by atoms with van der Waals surface area (Å²) in [5.41, 5.74) is 0. The summed E-state index contributed by atoms with van der Waals surface area (Å²) < 4.78 is 28.5. The number of sulfonamides is 1. The first-order valence-electron chi connectivity index (χ1n) is 4.57. The van der Waals surface area contributed by atoms with E-state index < -0.39 is 16.0 Å². The molecule has 1 rings (SSSR count). The van der Waals surface area contributed by atoms with E-state index in [9.17, 15) is 13.2 Å². The molecule has 0 heterocycles. The lowest BCUT2D eigenvalue weighted by atomic mass is 10.6. The summed E-state index contributed by atoms with van der Waals surface area (Å²) in [6.07, 6.45) is 2.80. The lowest BCUT2D eigenvalue weighted by Crippen LogP contribution is -2.37. The average molecular weight is 221 g/mol. The summed E-state index contributed by atoms with van der Waals surface area (Å²) in [6, 6.07) is 0.00871. The van der Waals surface area contributed by atoms with Crippen molar-refractivity contribution < 1.29 is 17.9 Å². The number of nitrogens with zero attached hydrogens (tertiary/aromatic N) is 1. The molecular weight excluding hydrogens is 206 g/mol. The van der Waals surface area contributed by atoms with E-state index in [0.29, 0.717) is 0 Å². The summed E-state index contributed by atoms with van der Waals surface area (Å²) in [5.74, 6) is -0.482. The second-order valence-electron chi connectivity index (χ2n) is 3.34. The van der Waals surface area contributed by atoms with Crippen LogP contribution in [0.3, 0.4) is 0 Å². The number of hydrogen-bond acceptors (Lipinski definition) is 4. The average Bonchev–Trinajstić information content (AvgIpc) is 2.81. The van der Waals surface area contributed by atoms with Crippen molar-refractivity contribution >= 4 is 16.0 Å². The van der Waals surface area contributed by atoms with Gasteiger partial charge in [0.05, 0.1) is 12.9 Å². The second-order valence-corrected chi connectivity index (χ2v) is 5.28. The first-order chi connectivity index (χ1) is 6.45. The molecule has 0 bridgehead atoms. The van der Waals surface area contributed by atoms with Crippen LogP contribution < -0.4 is 0 Å². The Bertz CT molecular complexity index is 307. The van der Waals surface area contributed by atoms with Gasteiger partial charge in [0.2, 0.25) is 10.0 Å². The van der Waals surface area contributed by atoms with Gasteiger partial charge < -0.3 is 4.74 Å². The predicted molar refractivity (Wildman–Crippen MR) is 51.2 cm³/mol. The van der Waals surface area contributed by atoms with Gasteiger partial charge in [0.15, 0.2) is 0 Å². The SMILES string of the molecule is CCOC(=O)CN(C1CC1)S(C)(=O)=O. The molecule has 0 aromatic rings. The minimum Gasteiger partial charge on any atom is -0.465 e. The summed E-state index contributed by atoms with van der Waals surface area (Å²) >= 11 is 0. The fourth-order valence-corrected chi connectivity index (χ4v) is 2.31. The number of esters is 1. The molecule has 1 fully saturated rings. The maximum Gasteiger partial charge on any atom is 0.321 e. The Kier molecular flexibility index (Phi) is 3.49. The second kappa shape index (κ2) is 4.27. The first-order valence-corrected chi connectivity index (χ1v) is 6.42. The van der Waals surface area contributed by atoms with Crippen molar-refractivity contribution in [2.45, 2.75) is 25.8 Å². The summed E-state index contributed by atoms with van der Waals surface area (Å²) in [5, 5.41) is 0. The van der Waals surface area contributed by atoms with Crippen LogP contribution in [-0.4, -0.2) is 44.1 Å². The van der Waals surface area contributed by atoms with Crippen molar-refractivity contribution in [2.24, 2.45) is 0 Å². The molecule has 0 N–H and O–H groups in total. The molecule has 82 valence electrons. The van der Waals surface area contributed by atoms with Gasteiger partial charge in [-0.1, -0.05) is 0 Å². The molecule has 1 aliphatic rings. The summed E-state index contributed by atoms with van der Waals surface area (Å²) in [6.45, 7) is 1.82. The molecule has 0 aromatic heterocycles. The normalized spacial score (nSPS) is 17.1. The fraction of sp³-hybridized carbons (Fsp3) is 0.875. The molecule has 0 unspecified atom stereocenters. The summed E-state index contributed by atoms with van der Waals surface area (Å²) in [7, 11) is -3.28. The van der Waals surface area contributed by atoms with Crippen LogP contribution in [0.15, 0.2) is 0 Å². The lowest BCUT2D eigenvalue weighted by molar-refractivity contribution is -0.143. The van der Waals surface area contributed by atoms with Crippen molar-refractivity contribution in [1.82, 2.24) is 4.31 Å². The van der Waals surface area contributed by atoms with Crippen molar-refractivity contribution in [1.29, 1.82) is 0 Å². The van der Waals surface area contributed by atoms with Crippen molar-refractivity contribution in [2.75, 3.05) is 19.4 Å². The minimum absolute atomic E-state index is 0.00871. The summed E-state index contributed by atoms with van der Waals surface area (Å²) in [4.78, 5) is 11.1. The highest BCUT2D eigenvalue weighted by Gasteiger charge is 2.36. The van der Waals surface area contributed by atoms with Crippen LogP contribution in [0.4, 0.5) is 0 Å². The highest BCUT2D eigenvalue weighted by atomic mass is 32.2. The topological polar surface area (TPSA) is 63.7 Å². The third-order valence-electron chi connectivity index (χ3n) is 1.97. The van der Waals surface area contributed by atoms with Gasteiger partial charge in [-0.15, -0.1) is 0 Å². The monoisotopic (exact) mass is 221 g/mol. The lowest BCUT2D eigenvalue weighted by Gasteiger charge is -2.17. The van der Waals surface area contributed by atoms with Gasteiger partial charge in [-0.3, -0.25) is 4.79 Å². The van der Waals surface area contributed by atoms with Gasteiger partial charge in [-0.25, -0.2) is 8.42 Å². The zero-order valence-electron chi connectivity index (χ0n) is 8.39. The molecule has 6 heteroatoms. The van der Waals surface area contributed by atoms with Gasteiger partial charge >= 0.3 is 5.97 Å². The molecule has 0 atom stereocenters. The number of carbonyl (C=O) groups is 1. The standard InChI is InChI=1S/C8H15NO4S/c1-3-13-8(10)6-9(7-4-5-7)14(2,11)12/h7H,3-6H2,1-2H3. The van der Waals surface area contributed by atoms with E-state index in [1.54, 1.807) is 6.92 Å². The van der Waals surface area contributed by atoms with E-state index in [0.717, 1.165) is 19.1 Å². The van der Waals surface area contributed by atoms with Crippen molar-refractivity contribution in [3.63, 3.8) is 0 Å². The number of carbonyl (C=O) groups excluding carboxylic acids is 1. The van der Waals surface area contributed by atoms with Crippen LogP contribution in [0.1, 0.15) is 19.8 Å². The molecule has 1 aliphatic carbocycles. The Morgan fingerprint density at radius 1 is 1.50 bits per heavy atom. The van der Waals surface area contributed by atoms with Crippen LogP contribution in [0.5, 0.6) is 0 Å². The molecule has 0 saturated heterocycles. The van der Waals surface area contributed by atoms with E-state index in [2.05, 4.69) is 0 Å². The molecule has 14 heavy (non-hydrogen) atoms. The quantitative estimate of drug-likeness (QED) is 0.612. The highest BCUT2D eigenvalue weighted by Crippen LogP contribution is 2.28. The van der Waals surface area contributed by atoms with Crippen molar-refractivity contribution in [3.8, 4) is 0 Å².